The molecule has 1 atom stereocenters. The van der Waals surface area contributed by atoms with Crippen LogP contribution >= 0.6 is 11.6 Å². The lowest BCUT2D eigenvalue weighted by molar-refractivity contribution is -0.325. The number of halogens is 4. The third-order valence-electron chi connectivity index (χ3n) is 2.81. The minimum atomic E-state index is -4.51. The maximum absolute atomic E-state index is 11.8. The molecule has 96 valence electrons. The van der Waals surface area contributed by atoms with Crippen molar-refractivity contribution in [1.82, 2.24) is 4.90 Å². The molecule has 1 unspecified atom stereocenters. The van der Waals surface area contributed by atoms with Gasteiger partial charge < -0.3 is 0 Å². The van der Waals surface area contributed by atoms with Gasteiger partial charge in [-0.3, -0.25) is 9.64 Å². The largest absolute Gasteiger partial charge is 0.522 e. The first kappa shape index (κ1) is 14.1. The van der Waals surface area contributed by atoms with Crippen LogP contribution in [-0.2, 0) is 4.74 Å². The summed E-state index contributed by atoms with van der Waals surface area (Å²) in [6, 6.07) is 0.385. The predicted molar refractivity (Wildman–Crippen MR) is 56.6 cm³/mol. The smallest absolute Gasteiger partial charge is 0.298 e. The lowest BCUT2D eigenvalue weighted by Gasteiger charge is -2.24. The molecule has 0 aromatic rings. The third-order valence-corrected chi connectivity index (χ3v) is 3.08. The fourth-order valence-corrected chi connectivity index (χ4v) is 2.26. The van der Waals surface area contributed by atoms with E-state index in [9.17, 15) is 13.2 Å². The van der Waals surface area contributed by atoms with E-state index >= 15 is 0 Å². The van der Waals surface area contributed by atoms with Gasteiger partial charge in [-0.1, -0.05) is 0 Å². The summed E-state index contributed by atoms with van der Waals surface area (Å²) in [5, 5.41) is 0. The number of hydrogen-bond donors (Lipinski definition) is 0. The summed E-state index contributed by atoms with van der Waals surface area (Å²) >= 11 is 5.60. The molecule has 1 rings (SSSR count). The fourth-order valence-electron chi connectivity index (χ4n) is 2.11. The van der Waals surface area contributed by atoms with Crippen molar-refractivity contribution >= 4 is 11.6 Å². The van der Waals surface area contributed by atoms with Gasteiger partial charge in [-0.15, -0.1) is 24.8 Å². The molecule has 0 N–H and O–H groups in total. The molecule has 0 spiro atoms. The lowest BCUT2D eigenvalue weighted by atomic mass is 10.1. The average Bonchev–Trinajstić information content (AvgIpc) is 2.60. The molecule has 1 fully saturated rings. The van der Waals surface area contributed by atoms with Crippen molar-refractivity contribution in [3.8, 4) is 0 Å². The van der Waals surface area contributed by atoms with Crippen LogP contribution in [0.1, 0.15) is 25.7 Å². The highest BCUT2D eigenvalue weighted by atomic mass is 35.5. The average molecular weight is 260 g/mol. The van der Waals surface area contributed by atoms with Gasteiger partial charge in [0.1, 0.15) is 0 Å². The molecular formula is C10H17ClF3NO. The SMILES string of the molecule is FC(F)(F)OCCN1CCCC1CCCCl. The van der Waals surface area contributed by atoms with Gasteiger partial charge in [-0.2, -0.15) is 0 Å². The van der Waals surface area contributed by atoms with E-state index in [0.717, 1.165) is 32.2 Å². The maximum atomic E-state index is 11.8. The first-order chi connectivity index (χ1) is 7.53. The molecule has 0 bridgehead atoms. The Morgan fingerprint density at radius 1 is 1.38 bits per heavy atom. The first-order valence-corrected chi connectivity index (χ1v) is 6.07. The molecule has 0 aromatic carbocycles. The van der Waals surface area contributed by atoms with Crippen molar-refractivity contribution in [3.63, 3.8) is 0 Å². The van der Waals surface area contributed by atoms with E-state index in [1.807, 2.05) is 0 Å². The van der Waals surface area contributed by atoms with Crippen LogP contribution in [0.25, 0.3) is 0 Å². The summed E-state index contributed by atoms with van der Waals surface area (Å²) in [4.78, 5) is 2.07. The molecule has 1 aliphatic rings. The Hall–Kier alpha value is 0. The molecule has 1 saturated heterocycles. The number of rotatable bonds is 6. The molecule has 1 aliphatic heterocycles. The summed E-state index contributed by atoms with van der Waals surface area (Å²) < 4.78 is 39.1. The maximum Gasteiger partial charge on any atom is 0.522 e. The number of likely N-dealkylation sites (tertiary alicyclic amines) is 1. The van der Waals surface area contributed by atoms with Crippen LogP contribution in [0.15, 0.2) is 0 Å². The fraction of sp³-hybridized carbons (Fsp3) is 1.00. The summed E-state index contributed by atoms with van der Waals surface area (Å²) in [5.74, 6) is 0.614. The van der Waals surface area contributed by atoms with E-state index in [-0.39, 0.29) is 6.61 Å². The minimum Gasteiger partial charge on any atom is -0.298 e. The van der Waals surface area contributed by atoms with Crippen LogP contribution in [0, 0.1) is 0 Å². The van der Waals surface area contributed by atoms with Crippen molar-refractivity contribution in [3.05, 3.63) is 0 Å². The first-order valence-electron chi connectivity index (χ1n) is 5.53. The normalized spacial score (nSPS) is 22.9. The van der Waals surface area contributed by atoms with Crippen LogP contribution in [0.3, 0.4) is 0 Å². The van der Waals surface area contributed by atoms with E-state index in [1.165, 1.54) is 0 Å². The molecule has 0 aromatic heterocycles. The Morgan fingerprint density at radius 2 is 2.12 bits per heavy atom. The van der Waals surface area contributed by atoms with E-state index < -0.39 is 6.36 Å². The zero-order valence-electron chi connectivity index (χ0n) is 9.10. The van der Waals surface area contributed by atoms with Gasteiger partial charge in [-0.05, 0) is 32.2 Å². The van der Waals surface area contributed by atoms with Gasteiger partial charge in [0.2, 0.25) is 0 Å². The van der Waals surface area contributed by atoms with E-state index in [1.54, 1.807) is 0 Å². The van der Waals surface area contributed by atoms with Crippen molar-refractivity contribution in [2.45, 2.75) is 38.1 Å². The third kappa shape index (κ3) is 5.37. The van der Waals surface area contributed by atoms with Crippen molar-refractivity contribution in [2.24, 2.45) is 0 Å². The zero-order valence-corrected chi connectivity index (χ0v) is 9.86. The van der Waals surface area contributed by atoms with Crippen LogP contribution in [0.5, 0.6) is 0 Å². The monoisotopic (exact) mass is 259 g/mol. The molecule has 0 aliphatic carbocycles. The Labute approximate surface area is 98.7 Å². The van der Waals surface area contributed by atoms with E-state index in [4.69, 9.17) is 11.6 Å². The molecule has 1 heterocycles. The second-order valence-corrected chi connectivity index (χ2v) is 4.34. The highest BCUT2D eigenvalue weighted by Gasteiger charge is 2.30. The van der Waals surface area contributed by atoms with E-state index in [0.29, 0.717) is 18.5 Å². The number of hydrogen-bond acceptors (Lipinski definition) is 2. The lowest BCUT2D eigenvalue weighted by Crippen LogP contribution is -2.33. The summed E-state index contributed by atoms with van der Waals surface area (Å²) in [6.45, 7) is 0.946. The van der Waals surface area contributed by atoms with Gasteiger partial charge in [0.05, 0.1) is 6.61 Å². The van der Waals surface area contributed by atoms with E-state index in [2.05, 4.69) is 9.64 Å². The standard InChI is InChI=1S/C10H17ClF3NO/c11-5-1-3-9-4-2-6-15(9)7-8-16-10(12,13)14/h9H,1-8H2. The second kappa shape index (κ2) is 6.67. The molecule has 6 heteroatoms. The Morgan fingerprint density at radius 3 is 2.75 bits per heavy atom. The van der Waals surface area contributed by atoms with Crippen molar-refractivity contribution in [2.75, 3.05) is 25.6 Å². The quantitative estimate of drug-likeness (QED) is 0.680. The molecule has 2 nitrogen and oxygen atoms in total. The van der Waals surface area contributed by atoms with Gasteiger partial charge in [0.15, 0.2) is 0 Å². The second-order valence-electron chi connectivity index (χ2n) is 3.96. The van der Waals surface area contributed by atoms with Crippen LogP contribution in [0.2, 0.25) is 0 Å². The molecule has 0 radical (unpaired) electrons. The number of ether oxygens (including phenoxy) is 1. The molecular weight excluding hydrogens is 243 g/mol. The number of nitrogens with zero attached hydrogens (tertiary/aromatic N) is 1. The zero-order chi connectivity index (χ0) is 12.0. The van der Waals surface area contributed by atoms with Crippen LogP contribution in [0.4, 0.5) is 13.2 Å². The van der Waals surface area contributed by atoms with Crippen LogP contribution < -0.4 is 0 Å². The van der Waals surface area contributed by atoms with Gasteiger partial charge in [0, 0.05) is 18.5 Å². The Bertz CT molecular complexity index is 201. The van der Waals surface area contributed by atoms with Gasteiger partial charge in [-0.25, -0.2) is 0 Å². The van der Waals surface area contributed by atoms with Crippen LogP contribution in [-0.4, -0.2) is 42.9 Å². The topological polar surface area (TPSA) is 12.5 Å². The predicted octanol–water partition coefficient (Wildman–Crippen LogP) is 3.01. The summed E-state index contributed by atoms with van der Waals surface area (Å²) in [7, 11) is 0. The van der Waals surface area contributed by atoms with Gasteiger partial charge >= 0.3 is 6.36 Å². The Kier molecular flexibility index (Phi) is 5.86. The number of alkyl halides is 4. The molecule has 0 saturated carbocycles. The molecule has 0 amide bonds. The van der Waals surface area contributed by atoms with Gasteiger partial charge in [0.25, 0.3) is 0 Å². The molecule has 16 heavy (non-hydrogen) atoms. The minimum absolute atomic E-state index is 0.277. The van der Waals surface area contributed by atoms with Crippen molar-refractivity contribution in [1.29, 1.82) is 0 Å². The highest BCUT2D eigenvalue weighted by Crippen LogP contribution is 2.22. The highest BCUT2D eigenvalue weighted by molar-refractivity contribution is 6.17. The summed E-state index contributed by atoms with van der Waals surface area (Å²) in [6.07, 6.45) is -0.508. The Balaban J connectivity index is 2.19. The summed E-state index contributed by atoms with van der Waals surface area (Å²) in [5.41, 5.74) is 0. The van der Waals surface area contributed by atoms with Crippen molar-refractivity contribution < 1.29 is 17.9 Å².